The molecule has 1 amide bonds. The molecule has 0 bridgehead atoms. The smallest absolute Gasteiger partial charge is 0.353 e. The largest absolute Gasteiger partial charge is 0.493 e. The average Bonchev–Trinajstić information content (AvgIpc) is 2.81. The number of rotatable bonds is 8. The molecule has 1 aromatic heterocycles. The highest BCUT2D eigenvalue weighted by Gasteiger charge is 2.29. The molecule has 1 N–H and O–H groups in total. The molecule has 0 atom stereocenters. The van der Waals surface area contributed by atoms with Crippen molar-refractivity contribution >= 4 is 23.2 Å². The number of aromatic nitrogens is 2. The van der Waals surface area contributed by atoms with Gasteiger partial charge in [0.15, 0.2) is 11.5 Å². The molecule has 0 aliphatic carbocycles. The molecule has 2 heterocycles. The van der Waals surface area contributed by atoms with Crippen molar-refractivity contribution in [1.82, 2.24) is 14.9 Å². The number of carbonyl (C=O) groups is 1. The van der Waals surface area contributed by atoms with Gasteiger partial charge in [-0.2, -0.15) is 0 Å². The molecule has 1 saturated heterocycles. The van der Waals surface area contributed by atoms with Crippen LogP contribution in [0.5, 0.6) is 17.2 Å². The Kier molecular flexibility index (Phi) is 7.13. The van der Waals surface area contributed by atoms with Crippen LogP contribution in [-0.2, 0) is 11.3 Å². The Bertz CT molecular complexity index is 968. The molecular formula is C20H26N6O6. The summed E-state index contributed by atoms with van der Waals surface area (Å²) in [5, 5.41) is 14.9. The van der Waals surface area contributed by atoms with Gasteiger partial charge in [-0.3, -0.25) is 14.9 Å². The third-order valence-electron chi connectivity index (χ3n) is 5.19. The van der Waals surface area contributed by atoms with E-state index in [2.05, 4.69) is 15.3 Å². The molecule has 1 aliphatic rings. The highest BCUT2D eigenvalue weighted by molar-refractivity contribution is 5.74. The van der Waals surface area contributed by atoms with Crippen molar-refractivity contribution in [2.45, 2.75) is 13.5 Å². The number of piperazine rings is 1. The molecule has 0 saturated carbocycles. The second-order valence-corrected chi connectivity index (χ2v) is 7.03. The van der Waals surface area contributed by atoms with Gasteiger partial charge in [-0.15, -0.1) is 0 Å². The first-order valence-electron chi connectivity index (χ1n) is 9.92. The topological polar surface area (TPSA) is 132 Å². The molecule has 1 aromatic carbocycles. The van der Waals surface area contributed by atoms with E-state index >= 15 is 0 Å². The molecule has 12 heteroatoms. The summed E-state index contributed by atoms with van der Waals surface area (Å²) < 4.78 is 16.0. The van der Waals surface area contributed by atoms with Crippen molar-refractivity contribution in [3.8, 4) is 17.2 Å². The number of carbonyl (C=O) groups excluding carboxylic acids is 1. The Morgan fingerprint density at radius 2 is 1.72 bits per heavy atom. The SMILES string of the molecule is COc1cc(CNc2ncnc(N3CCN(C(C)=O)CC3)c2[N+](=O)[O-])cc(OC)c1OC. The standard InChI is InChI=1S/C20H26N6O6/c1-13(27)24-5-7-25(8-6-24)20-17(26(28)29)19(22-12-23-20)21-11-14-9-15(30-2)18(32-4)16(10-14)31-3/h9-10,12H,5-8,11H2,1-4H3,(H,21,22,23). The van der Waals surface area contributed by atoms with Crippen LogP contribution >= 0.6 is 0 Å². The van der Waals surface area contributed by atoms with Crippen LogP contribution in [0, 0.1) is 10.1 Å². The van der Waals surface area contributed by atoms with Gasteiger partial charge in [0.2, 0.25) is 23.3 Å². The number of nitrogens with one attached hydrogen (secondary N) is 1. The van der Waals surface area contributed by atoms with Gasteiger partial charge in [0, 0.05) is 39.6 Å². The lowest BCUT2D eigenvalue weighted by atomic mass is 10.1. The van der Waals surface area contributed by atoms with E-state index < -0.39 is 4.92 Å². The normalized spacial score (nSPS) is 13.5. The van der Waals surface area contributed by atoms with Crippen LogP contribution in [0.3, 0.4) is 0 Å². The highest BCUT2D eigenvalue weighted by Crippen LogP contribution is 2.39. The Hall–Kier alpha value is -3.83. The summed E-state index contributed by atoms with van der Waals surface area (Å²) in [6.07, 6.45) is 1.29. The number of nitrogens with zero attached hydrogens (tertiary/aromatic N) is 5. The minimum absolute atomic E-state index is 0.0189. The molecule has 0 spiro atoms. The van der Waals surface area contributed by atoms with E-state index in [1.807, 2.05) is 0 Å². The van der Waals surface area contributed by atoms with Gasteiger partial charge in [-0.1, -0.05) is 0 Å². The number of amides is 1. The maximum atomic E-state index is 11.9. The van der Waals surface area contributed by atoms with Crippen LogP contribution in [-0.4, -0.2) is 73.2 Å². The van der Waals surface area contributed by atoms with Crippen LogP contribution < -0.4 is 24.4 Å². The molecule has 12 nitrogen and oxygen atoms in total. The molecule has 0 unspecified atom stereocenters. The van der Waals surface area contributed by atoms with Crippen LogP contribution in [0.4, 0.5) is 17.3 Å². The van der Waals surface area contributed by atoms with Crippen molar-refractivity contribution < 1.29 is 23.9 Å². The highest BCUT2D eigenvalue weighted by atomic mass is 16.6. The van der Waals surface area contributed by atoms with Crippen LogP contribution in [0.15, 0.2) is 18.5 Å². The Balaban J connectivity index is 1.84. The molecule has 172 valence electrons. The Morgan fingerprint density at radius 1 is 1.09 bits per heavy atom. The average molecular weight is 446 g/mol. The predicted molar refractivity (Wildman–Crippen MR) is 117 cm³/mol. The summed E-state index contributed by atoms with van der Waals surface area (Å²) in [6, 6.07) is 3.51. The second kappa shape index (κ2) is 9.98. The van der Waals surface area contributed by atoms with Gasteiger partial charge in [-0.05, 0) is 17.7 Å². The van der Waals surface area contributed by atoms with E-state index in [1.54, 1.807) is 21.9 Å². The van der Waals surface area contributed by atoms with E-state index in [-0.39, 0.29) is 29.8 Å². The number of methoxy groups -OCH3 is 3. The van der Waals surface area contributed by atoms with Crippen LogP contribution in [0.1, 0.15) is 12.5 Å². The lowest BCUT2D eigenvalue weighted by Crippen LogP contribution is -2.48. The first-order chi connectivity index (χ1) is 15.4. The van der Waals surface area contributed by atoms with Crippen LogP contribution in [0.25, 0.3) is 0 Å². The molecule has 3 rings (SSSR count). The molecule has 2 aromatic rings. The van der Waals surface area contributed by atoms with Gasteiger partial charge in [0.1, 0.15) is 6.33 Å². The molecule has 32 heavy (non-hydrogen) atoms. The number of anilines is 2. The van der Waals surface area contributed by atoms with Gasteiger partial charge in [-0.25, -0.2) is 9.97 Å². The minimum Gasteiger partial charge on any atom is -0.493 e. The van der Waals surface area contributed by atoms with Crippen molar-refractivity contribution in [3.05, 3.63) is 34.1 Å². The van der Waals surface area contributed by atoms with Crippen molar-refractivity contribution in [2.75, 3.05) is 57.7 Å². The summed E-state index contributed by atoms with van der Waals surface area (Å²) in [5.74, 6) is 1.71. The summed E-state index contributed by atoms with van der Waals surface area (Å²) in [4.78, 5) is 34.7. The third-order valence-corrected chi connectivity index (χ3v) is 5.19. The maximum absolute atomic E-state index is 11.9. The van der Waals surface area contributed by atoms with E-state index in [1.165, 1.54) is 34.6 Å². The zero-order valence-corrected chi connectivity index (χ0v) is 18.5. The summed E-state index contributed by atoms with van der Waals surface area (Å²) in [6.45, 7) is 3.59. The number of nitro groups is 1. The zero-order valence-electron chi connectivity index (χ0n) is 18.5. The summed E-state index contributed by atoms with van der Waals surface area (Å²) >= 11 is 0. The molecule has 1 fully saturated rings. The number of hydrogen-bond donors (Lipinski definition) is 1. The van der Waals surface area contributed by atoms with Crippen LogP contribution in [0.2, 0.25) is 0 Å². The predicted octanol–water partition coefficient (Wildman–Crippen LogP) is 1.69. The number of ether oxygens (including phenoxy) is 3. The van der Waals surface area contributed by atoms with E-state index in [9.17, 15) is 14.9 Å². The van der Waals surface area contributed by atoms with Gasteiger partial charge < -0.3 is 29.3 Å². The maximum Gasteiger partial charge on any atom is 0.353 e. The third kappa shape index (κ3) is 4.74. The summed E-state index contributed by atoms with van der Waals surface area (Å²) in [7, 11) is 4.55. The summed E-state index contributed by atoms with van der Waals surface area (Å²) in [5.41, 5.74) is 0.542. The van der Waals surface area contributed by atoms with Crippen molar-refractivity contribution in [3.63, 3.8) is 0 Å². The Morgan fingerprint density at radius 3 is 2.22 bits per heavy atom. The van der Waals surface area contributed by atoms with Gasteiger partial charge >= 0.3 is 5.69 Å². The fraction of sp³-hybridized carbons (Fsp3) is 0.450. The minimum atomic E-state index is -0.496. The fourth-order valence-electron chi connectivity index (χ4n) is 3.55. The number of hydrogen-bond acceptors (Lipinski definition) is 10. The van der Waals surface area contributed by atoms with E-state index in [0.717, 1.165) is 5.56 Å². The molecule has 1 aliphatic heterocycles. The first kappa shape index (κ1) is 22.8. The van der Waals surface area contributed by atoms with E-state index in [4.69, 9.17) is 14.2 Å². The van der Waals surface area contributed by atoms with Crippen molar-refractivity contribution in [1.29, 1.82) is 0 Å². The second-order valence-electron chi connectivity index (χ2n) is 7.03. The van der Waals surface area contributed by atoms with Gasteiger partial charge in [0.05, 0.1) is 26.3 Å². The lowest BCUT2D eigenvalue weighted by molar-refractivity contribution is -0.383. The zero-order chi connectivity index (χ0) is 23.3. The Labute approximate surface area is 185 Å². The van der Waals surface area contributed by atoms with Crippen molar-refractivity contribution in [2.24, 2.45) is 0 Å². The molecule has 0 radical (unpaired) electrons. The lowest BCUT2D eigenvalue weighted by Gasteiger charge is -2.34. The monoisotopic (exact) mass is 446 g/mol. The first-order valence-corrected chi connectivity index (χ1v) is 9.92. The fourth-order valence-corrected chi connectivity index (χ4v) is 3.55. The van der Waals surface area contributed by atoms with E-state index in [0.29, 0.717) is 43.4 Å². The van der Waals surface area contributed by atoms with Gasteiger partial charge in [0.25, 0.3) is 0 Å². The quantitative estimate of drug-likeness (QED) is 0.472. The number of benzene rings is 1. The molecular weight excluding hydrogens is 420 g/mol.